The van der Waals surface area contributed by atoms with Gasteiger partial charge in [0.25, 0.3) is 11.6 Å². The first-order valence-electron chi connectivity index (χ1n) is 6.14. The fraction of sp³-hybridized carbons (Fsp3) is 0.0625. The van der Waals surface area contributed by atoms with Crippen molar-refractivity contribution in [3.63, 3.8) is 0 Å². The molecule has 1 amide bonds. The number of hydrogen-bond donors (Lipinski definition) is 1. The molecule has 2 aromatic rings. The van der Waals surface area contributed by atoms with Crippen LogP contribution in [0.4, 0.5) is 11.4 Å². The van der Waals surface area contributed by atoms with E-state index < -0.39 is 4.92 Å². The van der Waals surface area contributed by atoms with Crippen LogP contribution in [0.15, 0.2) is 42.5 Å². The molecular formula is C16H12N2O3. The number of benzene rings is 2. The number of hydrogen-bond acceptors (Lipinski definition) is 3. The van der Waals surface area contributed by atoms with Crippen molar-refractivity contribution in [3.8, 4) is 12.3 Å². The summed E-state index contributed by atoms with van der Waals surface area (Å²) in [7, 11) is 0. The number of amides is 1. The number of carbonyl (C=O) groups is 1. The van der Waals surface area contributed by atoms with Crippen molar-refractivity contribution >= 4 is 17.3 Å². The Kier molecular flexibility index (Phi) is 4.00. The zero-order valence-electron chi connectivity index (χ0n) is 11.3. The molecule has 2 rings (SSSR count). The van der Waals surface area contributed by atoms with Crippen LogP contribution in [0.2, 0.25) is 0 Å². The van der Waals surface area contributed by atoms with Crippen LogP contribution in [0, 0.1) is 29.4 Å². The Morgan fingerprint density at radius 3 is 2.67 bits per heavy atom. The molecule has 104 valence electrons. The molecule has 0 aliphatic heterocycles. The summed E-state index contributed by atoms with van der Waals surface area (Å²) < 4.78 is 0. The molecule has 0 aliphatic carbocycles. The lowest BCUT2D eigenvalue weighted by Gasteiger charge is -2.06. The average molecular weight is 280 g/mol. The van der Waals surface area contributed by atoms with Crippen LogP contribution in [0.5, 0.6) is 0 Å². The quantitative estimate of drug-likeness (QED) is 0.533. The zero-order valence-corrected chi connectivity index (χ0v) is 11.3. The minimum absolute atomic E-state index is 0.0131. The van der Waals surface area contributed by atoms with Crippen molar-refractivity contribution in [2.24, 2.45) is 0 Å². The number of nitro groups is 1. The van der Waals surface area contributed by atoms with Gasteiger partial charge >= 0.3 is 0 Å². The molecule has 2 aromatic carbocycles. The lowest BCUT2D eigenvalue weighted by atomic mass is 10.1. The smallest absolute Gasteiger partial charge is 0.272 e. The van der Waals surface area contributed by atoms with E-state index in [2.05, 4.69) is 11.2 Å². The van der Waals surface area contributed by atoms with Crippen LogP contribution in [0.25, 0.3) is 0 Å². The Bertz CT molecular complexity index is 760. The van der Waals surface area contributed by atoms with Gasteiger partial charge in [-0.15, -0.1) is 6.42 Å². The number of nitrogens with zero attached hydrogens (tertiary/aromatic N) is 1. The summed E-state index contributed by atoms with van der Waals surface area (Å²) in [4.78, 5) is 22.4. The Morgan fingerprint density at radius 1 is 1.29 bits per heavy atom. The molecule has 0 radical (unpaired) electrons. The summed E-state index contributed by atoms with van der Waals surface area (Å²) in [5.41, 5.74) is 2.01. The van der Waals surface area contributed by atoms with E-state index in [1.54, 1.807) is 31.2 Å². The summed E-state index contributed by atoms with van der Waals surface area (Å²) in [6.45, 7) is 1.59. The molecule has 5 heteroatoms. The van der Waals surface area contributed by atoms with Crippen molar-refractivity contribution in [2.45, 2.75) is 6.92 Å². The molecule has 0 unspecified atom stereocenters. The Balaban J connectivity index is 2.22. The number of aryl methyl sites for hydroxylation is 1. The van der Waals surface area contributed by atoms with Gasteiger partial charge in [-0.1, -0.05) is 12.0 Å². The molecule has 0 saturated heterocycles. The van der Waals surface area contributed by atoms with E-state index in [4.69, 9.17) is 6.42 Å². The van der Waals surface area contributed by atoms with E-state index in [-0.39, 0.29) is 11.6 Å². The fourth-order valence-electron chi connectivity index (χ4n) is 1.89. The molecule has 0 spiro atoms. The van der Waals surface area contributed by atoms with Crippen molar-refractivity contribution in [1.82, 2.24) is 0 Å². The van der Waals surface area contributed by atoms with E-state index in [0.717, 1.165) is 0 Å². The minimum Gasteiger partial charge on any atom is -0.322 e. The van der Waals surface area contributed by atoms with Crippen molar-refractivity contribution in [1.29, 1.82) is 0 Å². The molecule has 0 aliphatic rings. The third kappa shape index (κ3) is 3.25. The lowest BCUT2D eigenvalue weighted by molar-refractivity contribution is -0.385. The molecule has 0 fully saturated rings. The number of rotatable bonds is 3. The van der Waals surface area contributed by atoms with Gasteiger partial charge in [-0.2, -0.15) is 0 Å². The predicted octanol–water partition coefficient (Wildman–Crippen LogP) is 3.14. The second-order valence-corrected chi connectivity index (χ2v) is 4.44. The van der Waals surface area contributed by atoms with Crippen molar-refractivity contribution in [2.75, 3.05) is 5.32 Å². The number of anilines is 1. The predicted molar refractivity (Wildman–Crippen MR) is 80.2 cm³/mol. The number of nitrogens with one attached hydrogen (secondary N) is 1. The normalized spacial score (nSPS) is 9.71. The summed E-state index contributed by atoms with van der Waals surface area (Å²) >= 11 is 0. The first-order valence-corrected chi connectivity index (χ1v) is 6.14. The van der Waals surface area contributed by atoms with E-state index in [1.807, 2.05) is 0 Å². The van der Waals surface area contributed by atoms with Gasteiger partial charge in [-0.3, -0.25) is 14.9 Å². The number of nitro benzene ring substituents is 1. The van der Waals surface area contributed by atoms with Gasteiger partial charge in [-0.25, -0.2) is 0 Å². The highest BCUT2D eigenvalue weighted by atomic mass is 16.6. The van der Waals surface area contributed by atoms with Gasteiger partial charge in [0.1, 0.15) is 0 Å². The summed E-state index contributed by atoms with van der Waals surface area (Å²) in [5, 5.41) is 13.5. The standard InChI is InChI=1S/C16H12N2O3/c1-3-12-5-4-6-14(10-12)17-16(19)13-7-8-15(18(20)21)11(2)9-13/h1,4-10H,2H3,(H,17,19). The van der Waals surface area contributed by atoms with Gasteiger partial charge in [0.05, 0.1) is 4.92 Å². The molecular weight excluding hydrogens is 268 g/mol. The first kappa shape index (κ1) is 14.3. The summed E-state index contributed by atoms with van der Waals surface area (Å²) in [5.74, 6) is 2.14. The van der Waals surface area contributed by atoms with E-state index in [9.17, 15) is 14.9 Å². The molecule has 0 saturated carbocycles. The van der Waals surface area contributed by atoms with Gasteiger partial charge in [0.2, 0.25) is 0 Å². The van der Waals surface area contributed by atoms with Crippen LogP contribution in [0.1, 0.15) is 21.5 Å². The van der Waals surface area contributed by atoms with Crippen LogP contribution in [-0.2, 0) is 0 Å². The van der Waals surface area contributed by atoms with Gasteiger partial charge in [0, 0.05) is 28.4 Å². The molecule has 0 heterocycles. The number of terminal acetylenes is 1. The third-order valence-corrected chi connectivity index (χ3v) is 2.94. The maximum absolute atomic E-state index is 12.1. The molecule has 0 aromatic heterocycles. The van der Waals surface area contributed by atoms with Crippen molar-refractivity contribution < 1.29 is 9.72 Å². The molecule has 1 N–H and O–H groups in total. The Morgan fingerprint density at radius 2 is 2.05 bits per heavy atom. The van der Waals surface area contributed by atoms with E-state index in [1.165, 1.54) is 18.2 Å². The molecule has 5 nitrogen and oxygen atoms in total. The largest absolute Gasteiger partial charge is 0.322 e. The van der Waals surface area contributed by atoms with Gasteiger partial charge in [0.15, 0.2) is 0 Å². The summed E-state index contributed by atoms with van der Waals surface area (Å²) in [6, 6.07) is 11.1. The second kappa shape index (κ2) is 5.88. The highest BCUT2D eigenvalue weighted by Crippen LogP contribution is 2.19. The Hall–Kier alpha value is -3.13. The maximum atomic E-state index is 12.1. The fourth-order valence-corrected chi connectivity index (χ4v) is 1.89. The third-order valence-electron chi connectivity index (χ3n) is 2.94. The minimum atomic E-state index is -0.479. The van der Waals surface area contributed by atoms with Gasteiger partial charge < -0.3 is 5.32 Å². The van der Waals surface area contributed by atoms with E-state index >= 15 is 0 Å². The first-order chi connectivity index (χ1) is 10.0. The highest BCUT2D eigenvalue weighted by molar-refractivity contribution is 6.04. The van der Waals surface area contributed by atoms with E-state index in [0.29, 0.717) is 22.4 Å². The monoisotopic (exact) mass is 280 g/mol. The Labute approximate surface area is 121 Å². The molecule has 0 atom stereocenters. The van der Waals surface area contributed by atoms with Gasteiger partial charge in [-0.05, 0) is 37.3 Å². The topological polar surface area (TPSA) is 72.2 Å². The van der Waals surface area contributed by atoms with Crippen molar-refractivity contribution in [3.05, 3.63) is 69.3 Å². The molecule has 0 bridgehead atoms. The van der Waals surface area contributed by atoms with Crippen LogP contribution in [-0.4, -0.2) is 10.8 Å². The highest BCUT2D eigenvalue weighted by Gasteiger charge is 2.13. The summed E-state index contributed by atoms with van der Waals surface area (Å²) in [6.07, 6.45) is 5.30. The zero-order chi connectivity index (χ0) is 15.4. The van der Waals surface area contributed by atoms with Crippen LogP contribution in [0.3, 0.4) is 0 Å². The van der Waals surface area contributed by atoms with Crippen LogP contribution < -0.4 is 5.32 Å². The number of carbonyl (C=O) groups excluding carboxylic acids is 1. The lowest BCUT2D eigenvalue weighted by Crippen LogP contribution is -2.12. The second-order valence-electron chi connectivity index (χ2n) is 4.44. The van der Waals surface area contributed by atoms with Crippen LogP contribution >= 0.6 is 0 Å². The molecule has 21 heavy (non-hydrogen) atoms. The SMILES string of the molecule is C#Cc1cccc(NC(=O)c2ccc([N+](=O)[O-])c(C)c2)c1. The average Bonchev–Trinajstić information content (AvgIpc) is 2.46. The maximum Gasteiger partial charge on any atom is 0.272 e.